The first kappa shape index (κ1) is 11.2. The van der Waals surface area contributed by atoms with Crippen molar-refractivity contribution >= 4 is 0 Å². The van der Waals surface area contributed by atoms with Gasteiger partial charge in [0.25, 0.3) is 0 Å². The highest BCUT2D eigenvalue weighted by atomic mass is 16.5. The predicted molar refractivity (Wildman–Crippen MR) is 53.8 cm³/mol. The van der Waals surface area contributed by atoms with Crippen molar-refractivity contribution in [1.29, 1.82) is 0 Å². The molecule has 0 radical (unpaired) electrons. The average Bonchev–Trinajstić information content (AvgIpc) is 2.19. The summed E-state index contributed by atoms with van der Waals surface area (Å²) in [5, 5.41) is 18.2. The fraction of sp³-hybridized carbons (Fsp3) is 0.455. The lowest BCUT2D eigenvalue weighted by atomic mass is 10.1. The zero-order valence-electron chi connectivity index (χ0n) is 8.31. The monoisotopic (exact) mass is 196 g/mol. The van der Waals surface area contributed by atoms with Crippen LogP contribution in [0.5, 0.6) is 0 Å². The van der Waals surface area contributed by atoms with E-state index in [9.17, 15) is 5.11 Å². The normalized spacial score (nSPS) is 15.1. The predicted octanol–water partition coefficient (Wildman–Crippen LogP) is 0.946. The van der Waals surface area contributed by atoms with Crippen LogP contribution in [-0.4, -0.2) is 29.0 Å². The Labute approximate surface area is 84.0 Å². The largest absolute Gasteiger partial charge is 0.393 e. The van der Waals surface area contributed by atoms with Gasteiger partial charge in [0.2, 0.25) is 0 Å². The Morgan fingerprint density at radius 3 is 2.50 bits per heavy atom. The van der Waals surface area contributed by atoms with Crippen molar-refractivity contribution in [2.75, 3.05) is 13.2 Å². The molecule has 3 heteroatoms. The lowest BCUT2D eigenvalue weighted by molar-refractivity contribution is -0.0694. The number of hydrogen-bond acceptors (Lipinski definition) is 3. The van der Waals surface area contributed by atoms with Crippen molar-refractivity contribution in [3.8, 4) is 0 Å². The van der Waals surface area contributed by atoms with Crippen molar-refractivity contribution in [1.82, 2.24) is 0 Å². The number of aliphatic hydroxyl groups is 2. The van der Waals surface area contributed by atoms with Gasteiger partial charge < -0.3 is 14.9 Å². The molecule has 0 spiro atoms. The Kier molecular flexibility index (Phi) is 4.07. The van der Waals surface area contributed by atoms with E-state index in [0.717, 1.165) is 5.56 Å². The van der Waals surface area contributed by atoms with Gasteiger partial charge in [-0.1, -0.05) is 30.3 Å². The van der Waals surface area contributed by atoms with E-state index in [2.05, 4.69) is 0 Å². The summed E-state index contributed by atoms with van der Waals surface area (Å²) in [6.45, 7) is 1.84. The van der Waals surface area contributed by atoms with E-state index in [4.69, 9.17) is 9.84 Å². The van der Waals surface area contributed by atoms with Crippen molar-refractivity contribution in [3.63, 3.8) is 0 Å². The second-order valence-corrected chi connectivity index (χ2v) is 3.63. The summed E-state index contributed by atoms with van der Waals surface area (Å²) in [6, 6.07) is 9.71. The Bertz CT molecular complexity index is 256. The molecule has 0 saturated carbocycles. The summed E-state index contributed by atoms with van der Waals surface area (Å²) >= 11 is 0. The summed E-state index contributed by atoms with van der Waals surface area (Å²) in [5.74, 6) is 0. The van der Waals surface area contributed by atoms with Gasteiger partial charge in [-0.3, -0.25) is 0 Å². The zero-order chi connectivity index (χ0) is 10.4. The minimum absolute atomic E-state index is 0.137. The van der Waals surface area contributed by atoms with E-state index in [1.54, 1.807) is 0 Å². The Balaban J connectivity index is 2.29. The van der Waals surface area contributed by atoms with Gasteiger partial charge in [0, 0.05) is 0 Å². The van der Waals surface area contributed by atoms with E-state index in [1.165, 1.54) is 6.92 Å². The molecular formula is C11H16O3. The molecular weight excluding hydrogens is 180 g/mol. The van der Waals surface area contributed by atoms with Crippen molar-refractivity contribution in [2.24, 2.45) is 0 Å². The van der Waals surface area contributed by atoms with Gasteiger partial charge >= 0.3 is 0 Å². The smallest absolute Gasteiger partial charge is 0.108 e. The van der Waals surface area contributed by atoms with Crippen LogP contribution in [-0.2, 0) is 11.3 Å². The van der Waals surface area contributed by atoms with Crippen LogP contribution in [0.25, 0.3) is 0 Å². The van der Waals surface area contributed by atoms with Crippen LogP contribution in [0, 0.1) is 0 Å². The number of benzene rings is 1. The fourth-order valence-corrected chi connectivity index (χ4v) is 1.01. The van der Waals surface area contributed by atoms with E-state index in [0.29, 0.717) is 6.61 Å². The summed E-state index contributed by atoms with van der Waals surface area (Å²) in [5.41, 5.74) is -0.0874. The van der Waals surface area contributed by atoms with E-state index in [1.807, 2.05) is 30.3 Å². The quantitative estimate of drug-likeness (QED) is 0.737. The topological polar surface area (TPSA) is 49.7 Å². The maximum Gasteiger partial charge on any atom is 0.108 e. The van der Waals surface area contributed by atoms with Crippen molar-refractivity contribution in [2.45, 2.75) is 19.1 Å². The van der Waals surface area contributed by atoms with Crippen molar-refractivity contribution < 1.29 is 14.9 Å². The van der Waals surface area contributed by atoms with Gasteiger partial charge in [-0.25, -0.2) is 0 Å². The highest BCUT2D eigenvalue weighted by molar-refractivity contribution is 5.13. The third-order valence-corrected chi connectivity index (χ3v) is 1.87. The molecule has 78 valence electrons. The fourth-order valence-electron chi connectivity index (χ4n) is 1.01. The average molecular weight is 196 g/mol. The first-order chi connectivity index (χ1) is 6.64. The minimum Gasteiger partial charge on any atom is -0.393 e. The molecule has 0 heterocycles. The molecule has 1 unspecified atom stereocenters. The minimum atomic E-state index is -1.14. The molecule has 0 aliphatic heterocycles. The second-order valence-electron chi connectivity index (χ2n) is 3.63. The van der Waals surface area contributed by atoms with Crippen LogP contribution < -0.4 is 0 Å². The number of aliphatic hydroxyl groups excluding tert-OH is 1. The second kappa shape index (κ2) is 5.10. The molecule has 1 atom stereocenters. The highest BCUT2D eigenvalue weighted by Crippen LogP contribution is 2.05. The van der Waals surface area contributed by atoms with Crippen molar-refractivity contribution in [3.05, 3.63) is 35.9 Å². The van der Waals surface area contributed by atoms with E-state index < -0.39 is 5.60 Å². The summed E-state index contributed by atoms with van der Waals surface area (Å²) in [4.78, 5) is 0. The molecule has 1 rings (SSSR count). The lowest BCUT2D eigenvalue weighted by Gasteiger charge is -2.19. The van der Waals surface area contributed by atoms with Gasteiger partial charge in [-0.2, -0.15) is 0 Å². The van der Waals surface area contributed by atoms with Crippen LogP contribution >= 0.6 is 0 Å². The third-order valence-electron chi connectivity index (χ3n) is 1.87. The van der Waals surface area contributed by atoms with Gasteiger partial charge in [0.15, 0.2) is 0 Å². The van der Waals surface area contributed by atoms with E-state index >= 15 is 0 Å². The van der Waals surface area contributed by atoms with Crippen LogP contribution in [0.2, 0.25) is 0 Å². The van der Waals surface area contributed by atoms with Gasteiger partial charge in [0.1, 0.15) is 5.60 Å². The van der Waals surface area contributed by atoms with Crippen LogP contribution in [0.15, 0.2) is 30.3 Å². The molecule has 14 heavy (non-hydrogen) atoms. The number of hydrogen-bond donors (Lipinski definition) is 2. The molecule has 0 aliphatic carbocycles. The summed E-state index contributed by atoms with van der Waals surface area (Å²) in [6.07, 6.45) is 0. The summed E-state index contributed by atoms with van der Waals surface area (Å²) in [7, 11) is 0. The molecule has 0 aliphatic rings. The molecule has 0 amide bonds. The Morgan fingerprint density at radius 1 is 1.29 bits per heavy atom. The molecule has 1 aromatic rings. The number of rotatable bonds is 5. The molecule has 3 nitrogen and oxygen atoms in total. The third kappa shape index (κ3) is 3.87. The maximum atomic E-state index is 9.43. The van der Waals surface area contributed by atoms with Crippen LogP contribution in [0.4, 0.5) is 0 Å². The van der Waals surface area contributed by atoms with Crippen LogP contribution in [0.3, 0.4) is 0 Å². The molecule has 0 bridgehead atoms. The highest BCUT2D eigenvalue weighted by Gasteiger charge is 2.18. The maximum absolute atomic E-state index is 9.43. The Hall–Kier alpha value is -0.900. The lowest BCUT2D eigenvalue weighted by Crippen LogP contribution is -2.34. The van der Waals surface area contributed by atoms with Crippen LogP contribution in [0.1, 0.15) is 12.5 Å². The van der Waals surface area contributed by atoms with E-state index in [-0.39, 0.29) is 13.2 Å². The molecule has 0 saturated heterocycles. The first-order valence-electron chi connectivity index (χ1n) is 4.59. The molecule has 0 aromatic heterocycles. The SMILES string of the molecule is CC(O)(CO)COCc1ccccc1. The molecule has 2 N–H and O–H groups in total. The Morgan fingerprint density at radius 2 is 1.93 bits per heavy atom. The van der Waals surface area contributed by atoms with Gasteiger partial charge in [0.05, 0.1) is 19.8 Å². The molecule has 1 aromatic carbocycles. The van der Waals surface area contributed by atoms with Gasteiger partial charge in [-0.05, 0) is 12.5 Å². The first-order valence-corrected chi connectivity index (χ1v) is 4.59. The number of ether oxygens (including phenoxy) is 1. The molecule has 0 fully saturated rings. The van der Waals surface area contributed by atoms with Gasteiger partial charge in [-0.15, -0.1) is 0 Å². The zero-order valence-corrected chi connectivity index (χ0v) is 8.31. The standard InChI is InChI=1S/C11H16O3/c1-11(13,8-12)9-14-7-10-5-3-2-4-6-10/h2-6,12-13H,7-9H2,1H3. The summed E-state index contributed by atoms with van der Waals surface area (Å²) < 4.78 is 5.27.